The maximum Gasteiger partial charge on any atom is 0.337 e. The van der Waals surface area contributed by atoms with E-state index in [1.165, 1.54) is 22.7 Å². The van der Waals surface area contributed by atoms with Gasteiger partial charge in [0.05, 0.1) is 133 Å². The van der Waals surface area contributed by atoms with Crippen molar-refractivity contribution in [2.45, 2.75) is 139 Å². The molecule has 10 aliphatic rings. The van der Waals surface area contributed by atoms with Crippen LogP contribution in [0.2, 0.25) is 0 Å². The van der Waals surface area contributed by atoms with Crippen LogP contribution in [0.5, 0.6) is 46.0 Å². The van der Waals surface area contributed by atoms with Gasteiger partial charge in [-0.15, -0.1) is 22.7 Å². The van der Waals surface area contributed by atoms with Gasteiger partial charge in [0, 0.05) is 41.3 Å². The lowest BCUT2D eigenvalue weighted by Crippen LogP contribution is -2.66. The van der Waals surface area contributed by atoms with E-state index in [-0.39, 0.29) is 84.0 Å². The Kier molecular flexibility index (Phi) is 26.3. The topological polar surface area (TPSA) is 367 Å². The van der Waals surface area contributed by atoms with Crippen LogP contribution in [-0.2, 0) is 89.0 Å². The van der Waals surface area contributed by atoms with Crippen molar-refractivity contribution in [1.29, 1.82) is 0 Å². The van der Waals surface area contributed by atoms with Crippen LogP contribution < -0.4 is 48.9 Å². The first-order valence-electron chi connectivity index (χ1n) is 37.6. The molecule has 4 aromatic carbocycles. The molecule has 6 saturated heterocycles. The van der Waals surface area contributed by atoms with Crippen LogP contribution in [0.25, 0.3) is 0 Å². The Morgan fingerprint density at radius 2 is 0.947 bits per heavy atom. The number of carbonyl (C=O) groups is 3. The van der Waals surface area contributed by atoms with E-state index in [0.29, 0.717) is 65.5 Å². The summed E-state index contributed by atoms with van der Waals surface area (Å²) in [6.45, 7) is 12.6. The normalized spacial score (nSPS) is 30.3. The maximum absolute atomic E-state index is 13.9. The number of aliphatic hydroxyl groups excluding tert-OH is 2. The van der Waals surface area contributed by atoms with Crippen molar-refractivity contribution in [3.63, 3.8) is 0 Å². The number of cyclic esters (lactones) is 2. The number of thiophene rings is 2. The van der Waals surface area contributed by atoms with Crippen molar-refractivity contribution in [1.82, 2.24) is 5.32 Å². The third-order valence-corrected chi connectivity index (χ3v) is 27.5. The third-order valence-electron chi connectivity index (χ3n) is 21.8. The van der Waals surface area contributed by atoms with Gasteiger partial charge in [0.15, 0.2) is 48.2 Å². The number of esters is 2. The zero-order valence-electron chi connectivity index (χ0n) is 64.1. The van der Waals surface area contributed by atoms with Gasteiger partial charge in [-0.3, -0.25) is 18.7 Å². The summed E-state index contributed by atoms with van der Waals surface area (Å²) in [6, 6.07) is 21.1. The number of nitrogens with two attached hydrogens (primary N) is 1. The highest BCUT2D eigenvalue weighted by Crippen LogP contribution is 2.60. The van der Waals surface area contributed by atoms with Crippen LogP contribution in [0.15, 0.2) is 83.6 Å². The molecule has 12 unspecified atom stereocenters. The van der Waals surface area contributed by atoms with Gasteiger partial charge in [0.1, 0.15) is 72.1 Å². The minimum absolute atomic E-state index is 0.0361. The molecule has 614 valence electrons. The Bertz CT molecular complexity index is 4350. The summed E-state index contributed by atoms with van der Waals surface area (Å²) in [6.07, 6.45) is -9.49. The van der Waals surface area contributed by atoms with E-state index in [2.05, 4.69) is 5.32 Å². The van der Waals surface area contributed by atoms with Gasteiger partial charge in [-0.2, -0.15) is 0 Å². The number of benzene rings is 4. The lowest BCUT2D eigenvalue weighted by atomic mass is 9.66. The smallest absolute Gasteiger partial charge is 0.337 e. The SMILES string of the molecule is CCOP(=O)(CC=O)OCC.CCOP(=O)(CCNC1C(O[C@@H]2c3cc4c(cc3[C@@H](c3cc(OC)c(C)c(OC)c3)[C@H]3C(=O)OC[C@@H]32)OCO4)OC2COC(c3cccs3)OC2C1O)OCC.COc1cc([C@@H]2c3cc4c(cc3[C@@H](OC3OC5COC(c6cccs6)OC5C(O)C3N)[C@H]3COC(=O)[C@H]23)OCO4)cc(OC)c1C. The zero-order chi connectivity index (χ0) is 79.6. The highest BCUT2D eigenvalue weighted by molar-refractivity contribution is 7.54. The summed E-state index contributed by atoms with van der Waals surface area (Å²) in [5.41, 5.74) is 13.0. The average molecular weight is 1650 g/mol. The Morgan fingerprint density at radius 1 is 0.540 bits per heavy atom. The fourth-order valence-corrected chi connectivity index (χ4v) is 20.8. The minimum atomic E-state index is -3.43. The highest BCUT2D eigenvalue weighted by atomic mass is 32.1. The first-order chi connectivity index (χ1) is 54.7. The van der Waals surface area contributed by atoms with Crippen molar-refractivity contribution < 1.29 is 137 Å². The van der Waals surface area contributed by atoms with Crippen LogP contribution >= 0.6 is 37.9 Å². The fourth-order valence-electron chi connectivity index (χ4n) is 16.6. The first kappa shape index (κ1) is 82.6. The summed E-state index contributed by atoms with van der Waals surface area (Å²) in [5, 5.41) is 30.7. The van der Waals surface area contributed by atoms with E-state index in [9.17, 15) is 33.7 Å². The number of aliphatic hydroxyl groups is 2. The first-order valence-corrected chi connectivity index (χ1v) is 42.8. The van der Waals surface area contributed by atoms with Gasteiger partial charge in [-0.1, -0.05) is 12.1 Å². The lowest BCUT2D eigenvalue weighted by Gasteiger charge is -2.49. The molecule has 35 heteroatoms. The van der Waals surface area contributed by atoms with Crippen molar-refractivity contribution >= 4 is 56.1 Å². The summed E-state index contributed by atoms with van der Waals surface area (Å²) in [4.78, 5) is 39.2. The number of fused-ring (bicyclic) bond motifs is 8. The molecule has 10 heterocycles. The minimum Gasteiger partial charge on any atom is -0.496 e. The number of aldehydes is 1. The third kappa shape index (κ3) is 16.8. The molecular weight excluding hydrogens is 1550 g/mol. The zero-order valence-corrected chi connectivity index (χ0v) is 67.5. The van der Waals surface area contributed by atoms with Gasteiger partial charge in [0.2, 0.25) is 13.6 Å². The molecule has 6 fully saturated rings. The van der Waals surface area contributed by atoms with Crippen molar-refractivity contribution in [3.8, 4) is 46.0 Å². The molecule has 0 bridgehead atoms. The molecule has 16 rings (SSSR count). The summed E-state index contributed by atoms with van der Waals surface area (Å²) >= 11 is 3.00. The fraction of sp³-hybridized carbons (Fsp3) is 0.551. The molecule has 2 aliphatic carbocycles. The number of carbonyl (C=O) groups excluding carboxylic acids is 3. The molecule has 0 spiro atoms. The van der Waals surface area contributed by atoms with E-state index in [4.69, 9.17) is 109 Å². The van der Waals surface area contributed by atoms with Crippen LogP contribution in [-0.4, -0.2) is 203 Å². The predicted octanol–water partition coefficient (Wildman–Crippen LogP) is 9.99. The molecule has 6 aromatic rings. The quantitative estimate of drug-likeness (QED) is 0.0223. The van der Waals surface area contributed by atoms with Gasteiger partial charge >= 0.3 is 27.1 Å². The molecule has 5 N–H and O–H groups in total. The molecule has 0 saturated carbocycles. The summed E-state index contributed by atoms with van der Waals surface area (Å²) in [5.74, 6) is 0.936. The number of rotatable bonds is 26. The Labute approximate surface area is 661 Å². The van der Waals surface area contributed by atoms with E-state index in [1.807, 2.05) is 97.4 Å². The number of hydrogen-bond donors (Lipinski definition) is 4. The van der Waals surface area contributed by atoms with E-state index in [1.54, 1.807) is 56.1 Å². The van der Waals surface area contributed by atoms with Gasteiger partial charge < -0.3 is 129 Å². The van der Waals surface area contributed by atoms with Gasteiger partial charge in [-0.05, 0) is 146 Å². The van der Waals surface area contributed by atoms with Gasteiger partial charge in [0.25, 0.3) is 0 Å². The van der Waals surface area contributed by atoms with Crippen LogP contribution in [0, 0.1) is 37.5 Å². The standard InChI is InChI=1S/C39H48NO14PS.C33H35NO11S.C6H13O4P/c1-6-50-55(43,51-7-2)11-10-40-33-34(41)36-29(18-47-38(54-36)30-9-8-12-56-30)52-39(33)53-35-23-16-28-27(48-19-49-28)15-22(23)31(32-24(35)17-46-37(32)42)21-13-25(44-4)20(3)26(14-21)45-5;1-14-19(37-2)7-15(8-20(14)38-3)25-16-9-21-22(42-13-41-21)10-17(16)29(18-11-39-31(36)26(18)25)44-33-27(34)28(35)30-23(43-33)12-40-32(45-30)24-5-4-6-46-24;1-3-9-11(8,6-5-7)10-4-2/h8-9,12-16,24,29,31-36,38-41H,6-7,10-11,17-19H2,1-5H3;4-10,18,23,25-30,32-33,35H,11-13,34H2,1-3H3;5H,3-4,6H2,1-2H3/t24-,29?,31+,32-,33?,34?,35+,36?,38?,39?;18-,23?,25+,26-,27?,28?,29+,30?,32?,33?;/m00./s1. The molecule has 31 nitrogen and oxygen atoms in total. The number of methoxy groups -OCH3 is 4. The van der Waals surface area contributed by atoms with Crippen molar-refractivity contribution in [3.05, 3.63) is 138 Å². The maximum atomic E-state index is 13.9. The number of ether oxygens (including phenoxy) is 18. The lowest BCUT2D eigenvalue weighted by molar-refractivity contribution is -0.351. The van der Waals surface area contributed by atoms with E-state index in [0.717, 1.165) is 54.3 Å². The largest absolute Gasteiger partial charge is 0.496 e. The molecule has 2 aromatic heterocycles. The average Bonchev–Trinajstić information content (AvgIpc) is 1.67. The number of hydrogen-bond acceptors (Lipinski definition) is 33. The monoisotopic (exact) mass is 1650 g/mol. The molecule has 20 atom stereocenters. The molecule has 0 amide bonds. The predicted molar refractivity (Wildman–Crippen MR) is 403 cm³/mol. The van der Waals surface area contributed by atoms with Crippen LogP contribution in [0.3, 0.4) is 0 Å². The Balaban J connectivity index is 0.000000168. The van der Waals surface area contributed by atoms with E-state index >= 15 is 0 Å². The van der Waals surface area contributed by atoms with Crippen molar-refractivity contribution in [2.24, 2.45) is 29.4 Å². The molecular formula is C78H96N2O29P2S2. The molecule has 8 aliphatic heterocycles. The second-order valence-electron chi connectivity index (χ2n) is 28.1. The van der Waals surface area contributed by atoms with Crippen LogP contribution in [0.4, 0.5) is 0 Å². The molecule has 0 radical (unpaired) electrons. The second-order valence-corrected chi connectivity index (χ2v) is 34.4. The summed E-state index contributed by atoms with van der Waals surface area (Å²) in [7, 11) is -0.118. The van der Waals surface area contributed by atoms with E-state index < -0.39 is 137 Å². The van der Waals surface area contributed by atoms with Gasteiger partial charge in [-0.25, -0.2) is 0 Å². The summed E-state index contributed by atoms with van der Waals surface area (Å²) < 4.78 is 154. The molecule has 113 heavy (non-hydrogen) atoms. The second kappa shape index (κ2) is 35.9. The van der Waals surface area contributed by atoms with Crippen molar-refractivity contribution in [2.75, 3.05) is 114 Å². The highest BCUT2D eigenvalue weighted by Gasteiger charge is 2.59. The Hall–Kier alpha value is -6.89. The number of nitrogens with one attached hydrogen (secondary N) is 1. The Morgan fingerprint density at radius 3 is 1.35 bits per heavy atom. The van der Waals surface area contributed by atoms with Crippen LogP contribution in [0.1, 0.15) is 119 Å².